The molecule has 0 aliphatic carbocycles. The molecule has 0 radical (unpaired) electrons. The third kappa shape index (κ3) is 2.34. The van der Waals surface area contributed by atoms with E-state index in [0.717, 1.165) is 25.0 Å². The number of Topliss-reactive ketones (excluding diaryl/α,β-unsaturated/α-hetero) is 1. The van der Waals surface area contributed by atoms with Gasteiger partial charge in [-0.25, -0.2) is 8.78 Å². The van der Waals surface area contributed by atoms with Crippen LogP contribution < -0.4 is 0 Å². The van der Waals surface area contributed by atoms with Crippen LogP contribution in [0, 0.1) is 28.9 Å². The van der Waals surface area contributed by atoms with Crippen molar-refractivity contribution in [2.24, 2.45) is 5.92 Å². The van der Waals surface area contributed by atoms with Gasteiger partial charge in [0.2, 0.25) is 0 Å². The van der Waals surface area contributed by atoms with Gasteiger partial charge in [-0.2, -0.15) is 5.26 Å². The number of piperidine rings is 1. The van der Waals surface area contributed by atoms with Crippen LogP contribution in [0.5, 0.6) is 0 Å². The van der Waals surface area contributed by atoms with Crippen LogP contribution in [0.3, 0.4) is 0 Å². The molecule has 2 unspecified atom stereocenters. The number of fused-ring (bicyclic) bond motifs is 2. The van der Waals surface area contributed by atoms with Gasteiger partial charge in [-0.3, -0.25) is 4.79 Å². The van der Waals surface area contributed by atoms with Crippen molar-refractivity contribution >= 4 is 5.78 Å². The van der Waals surface area contributed by atoms with E-state index in [2.05, 4.69) is 11.9 Å². The Morgan fingerprint density at radius 1 is 1.24 bits per heavy atom. The van der Waals surface area contributed by atoms with Crippen LogP contribution in [0.2, 0.25) is 0 Å². The van der Waals surface area contributed by atoms with Crippen molar-refractivity contribution in [3.05, 3.63) is 34.9 Å². The summed E-state index contributed by atoms with van der Waals surface area (Å²) in [6, 6.07) is 3.99. The fraction of sp³-hybridized carbons (Fsp3) is 0.500. The predicted octanol–water partition coefficient (Wildman–Crippen LogP) is 2.89. The molecular weight excluding hydrogens is 274 g/mol. The number of nitriles is 1. The summed E-state index contributed by atoms with van der Waals surface area (Å²) in [6.07, 6.45) is 3.53. The zero-order valence-corrected chi connectivity index (χ0v) is 11.8. The molecule has 5 heteroatoms. The van der Waals surface area contributed by atoms with E-state index in [1.807, 2.05) is 0 Å². The van der Waals surface area contributed by atoms with Gasteiger partial charge in [0.25, 0.3) is 0 Å². The van der Waals surface area contributed by atoms with Crippen molar-refractivity contribution < 1.29 is 13.6 Å². The predicted molar refractivity (Wildman–Crippen MR) is 72.7 cm³/mol. The van der Waals surface area contributed by atoms with Gasteiger partial charge in [0.05, 0.1) is 11.1 Å². The second kappa shape index (κ2) is 5.19. The molecule has 0 N–H and O–H groups in total. The maximum Gasteiger partial charge on any atom is 0.169 e. The second-order valence-corrected chi connectivity index (χ2v) is 6.01. The molecular formula is C16H16F2N2O. The van der Waals surface area contributed by atoms with E-state index < -0.39 is 11.6 Å². The molecule has 2 aliphatic heterocycles. The molecule has 0 saturated carbocycles. The van der Waals surface area contributed by atoms with E-state index in [-0.39, 0.29) is 22.8 Å². The van der Waals surface area contributed by atoms with Crippen LogP contribution in [0.15, 0.2) is 12.1 Å². The van der Waals surface area contributed by atoms with Crippen molar-refractivity contribution in [3.63, 3.8) is 0 Å². The molecule has 2 heterocycles. The average molecular weight is 290 g/mol. The Morgan fingerprint density at radius 3 is 2.43 bits per heavy atom. The molecule has 0 aromatic heterocycles. The molecule has 21 heavy (non-hydrogen) atoms. The van der Waals surface area contributed by atoms with Crippen LogP contribution in [0.4, 0.5) is 8.78 Å². The van der Waals surface area contributed by atoms with Gasteiger partial charge in [0.15, 0.2) is 5.78 Å². The molecule has 2 fully saturated rings. The highest BCUT2D eigenvalue weighted by Crippen LogP contribution is 2.39. The lowest BCUT2D eigenvalue weighted by atomic mass is 9.84. The fourth-order valence-corrected chi connectivity index (χ4v) is 3.67. The van der Waals surface area contributed by atoms with Crippen LogP contribution >= 0.6 is 0 Å². The van der Waals surface area contributed by atoms with Crippen molar-refractivity contribution in [3.8, 4) is 6.07 Å². The first kappa shape index (κ1) is 14.2. The molecule has 0 amide bonds. The lowest BCUT2D eigenvalue weighted by molar-refractivity contribution is 0.0762. The molecule has 1 aromatic carbocycles. The Labute approximate surface area is 122 Å². The Balaban J connectivity index is 1.87. The van der Waals surface area contributed by atoms with Gasteiger partial charge in [0.1, 0.15) is 17.7 Å². The van der Waals surface area contributed by atoms with Crippen LogP contribution in [0.1, 0.15) is 41.6 Å². The molecule has 3 rings (SSSR count). The Hall–Kier alpha value is -1.80. The van der Waals surface area contributed by atoms with Crippen molar-refractivity contribution in [2.45, 2.75) is 37.8 Å². The summed E-state index contributed by atoms with van der Waals surface area (Å²) < 4.78 is 27.6. The minimum absolute atomic E-state index is 0.222. The Morgan fingerprint density at radius 2 is 1.86 bits per heavy atom. The van der Waals surface area contributed by atoms with Gasteiger partial charge in [-0.15, -0.1) is 0 Å². The number of halogens is 2. The number of hydrogen-bond donors (Lipinski definition) is 0. The molecule has 2 atom stereocenters. The van der Waals surface area contributed by atoms with Crippen molar-refractivity contribution in [1.82, 2.24) is 4.90 Å². The lowest BCUT2D eigenvalue weighted by Crippen LogP contribution is -2.42. The Bertz CT molecular complexity index is 624. The topological polar surface area (TPSA) is 44.1 Å². The summed E-state index contributed by atoms with van der Waals surface area (Å²) >= 11 is 0. The highest BCUT2D eigenvalue weighted by molar-refractivity contribution is 5.98. The first-order valence-electron chi connectivity index (χ1n) is 7.16. The molecule has 1 aromatic rings. The largest absolute Gasteiger partial charge is 0.300 e. The van der Waals surface area contributed by atoms with Gasteiger partial charge in [-0.05, 0) is 44.9 Å². The first-order chi connectivity index (χ1) is 10.0. The van der Waals surface area contributed by atoms with Crippen LogP contribution in [-0.4, -0.2) is 29.8 Å². The summed E-state index contributed by atoms with van der Waals surface area (Å²) in [5.41, 5.74) is -0.590. The van der Waals surface area contributed by atoms with Crippen LogP contribution in [0.25, 0.3) is 0 Å². The first-order valence-corrected chi connectivity index (χ1v) is 7.16. The minimum atomic E-state index is -0.835. The van der Waals surface area contributed by atoms with E-state index in [9.17, 15) is 13.6 Å². The maximum atomic E-state index is 14.0. The fourth-order valence-electron chi connectivity index (χ4n) is 3.67. The van der Waals surface area contributed by atoms with Crippen molar-refractivity contribution in [1.29, 1.82) is 5.26 Å². The normalized spacial score (nSPS) is 28.4. The molecule has 2 aliphatic rings. The van der Waals surface area contributed by atoms with Gasteiger partial charge in [-0.1, -0.05) is 0 Å². The molecule has 3 nitrogen and oxygen atoms in total. The molecule has 110 valence electrons. The monoisotopic (exact) mass is 290 g/mol. The quantitative estimate of drug-likeness (QED) is 0.787. The molecule has 0 spiro atoms. The smallest absolute Gasteiger partial charge is 0.169 e. The van der Waals surface area contributed by atoms with Crippen LogP contribution in [-0.2, 0) is 0 Å². The maximum absolute atomic E-state index is 14.0. The standard InChI is InChI=1S/C16H16F2N2O/c1-20-11-2-3-12(20)5-9(4-11)16(21)13-7-14(17)10(8-19)6-15(13)18/h6-7,9,11-12H,2-5H2,1H3. The van der Waals surface area contributed by atoms with E-state index in [0.29, 0.717) is 24.9 Å². The number of rotatable bonds is 2. The zero-order chi connectivity index (χ0) is 15.1. The number of carbonyl (C=O) groups excluding carboxylic acids is 1. The summed E-state index contributed by atoms with van der Waals surface area (Å²) in [5.74, 6) is -2.22. The third-order valence-corrected chi connectivity index (χ3v) is 4.91. The summed E-state index contributed by atoms with van der Waals surface area (Å²) in [6.45, 7) is 0. The van der Waals surface area contributed by atoms with Gasteiger partial charge in [0, 0.05) is 18.0 Å². The highest BCUT2D eigenvalue weighted by Gasteiger charge is 2.41. The van der Waals surface area contributed by atoms with E-state index in [4.69, 9.17) is 5.26 Å². The summed E-state index contributed by atoms with van der Waals surface area (Å²) in [7, 11) is 2.06. The molecule has 2 bridgehead atoms. The molecule has 2 saturated heterocycles. The number of carbonyl (C=O) groups is 1. The lowest BCUT2D eigenvalue weighted by Gasteiger charge is -2.35. The SMILES string of the molecule is CN1C2CCC1CC(C(=O)c1cc(F)c(C#N)cc1F)C2. The second-order valence-electron chi connectivity index (χ2n) is 6.01. The Kier molecular flexibility index (Phi) is 3.50. The summed E-state index contributed by atoms with van der Waals surface area (Å²) in [5, 5.41) is 8.68. The van der Waals surface area contributed by atoms with Crippen molar-refractivity contribution in [2.75, 3.05) is 7.05 Å². The minimum Gasteiger partial charge on any atom is -0.300 e. The number of ketones is 1. The van der Waals surface area contributed by atoms with Gasteiger partial charge >= 0.3 is 0 Å². The average Bonchev–Trinajstić information content (AvgIpc) is 2.69. The number of benzene rings is 1. The highest BCUT2D eigenvalue weighted by atomic mass is 19.1. The summed E-state index contributed by atoms with van der Waals surface area (Å²) in [4.78, 5) is 14.8. The van der Waals surface area contributed by atoms with E-state index in [1.165, 1.54) is 0 Å². The number of nitrogens with zero attached hydrogens (tertiary/aromatic N) is 2. The van der Waals surface area contributed by atoms with Gasteiger partial charge < -0.3 is 4.90 Å². The zero-order valence-electron chi connectivity index (χ0n) is 11.8. The van der Waals surface area contributed by atoms with E-state index >= 15 is 0 Å². The third-order valence-electron chi connectivity index (χ3n) is 4.91. The number of hydrogen-bond acceptors (Lipinski definition) is 3. The van der Waals surface area contributed by atoms with E-state index in [1.54, 1.807) is 6.07 Å².